The summed E-state index contributed by atoms with van der Waals surface area (Å²) in [4.78, 5) is 0. The Hall–Kier alpha value is -1.68. The summed E-state index contributed by atoms with van der Waals surface area (Å²) in [7, 11) is 0. The Balaban J connectivity index is 3.10. The van der Waals surface area contributed by atoms with E-state index in [4.69, 9.17) is 5.73 Å². The summed E-state index contributed by atoms with van der Waals surface area (Å²) < 4.78 is 26.9. The maximum Gasteiger partial charge on any atom is 0.135 e. The van der Waals surface area contributed by atoms with Gasteiger partial charge in [0.1, 0.15) is 11.6 Å². The molecule has 0 amide bonds. The lowest BCUT2D eigenvalue weighted by atomic mass is 10.1. The first-order valence-corrected chi connectivity index (χ1v) is 4.91. The van der Waals surface area contributed by atoms with Gasteiger partial charge < -0.3 is 11.1 Å². The molecule has 0 aromatic heterocycles. The lowest BCUT2D eigenvalue weighted by Gasteiger charge is -2.11. The van der Waals surface area contributed by atoms with Crippen molar-refractivity contribution in [2.75, 3.05) is 13.1 Å². The van der Waals surface area contributed by atoms with Crippen molar-refractivity contribution in [1.29, 1.82) is 0 Å². The van der Waals surface area contributed by atoms with Gasteiger partial charge in [0.25, 0.3) is 0 Å². The van der Waals surface area contributed by atoms with Crippen molar-refractivity contribution in [2.24, 2.45) is 5.73 Å². The molecule has 0 saturated heterocycles. The first kappa shape index (κ1) is 12.4. The van der Waals surface area contributed by atoms with Crippen molar-refractivity contribution in [1.82, 2.24) is 5.32 Å². The maximum absolute atomic E-state index is 13.5. The van der Waals surface area contributed by atoms with Gasteiger partial charge in [-0.15, -0.1) is 0 Å². The van der Waals surface area contributed by atoms with Crippen molar-refractivity contribution in [3.05, 3.63) is 54.1 Å². The summed E-state index contributed by atoms with van der Waals surface area (Å²) >= 11 is 0. The molecular formula is C12H14F2N2. The summed E-state index contributed by atoms with van der Waals surface area (Å²) in [6.45, 7) is 4.32. The minimum atomic E-state index is -0.613. The van der Waals surface area contributed by atoms with Crippen LogP contribution >= 0.6 is 0 Å². The smallest absolute Gasteiger partial charge is 0.135 e. The third kappa shape index (κ3) is 2.90. The quantitative estimate of drug-likeness (QED) is 0.751. The van der Waals surface area contributed by atoms with Gasteiger partial charge in [0.05, 0.1) is 5.56 Å². The summed E-state index contributed by atoms with van der Waals surface area (Å²) in [5.41, 5.74) is 5.58. The van der Waals surface area contributed by atoms with Gasteiger partial charge in [-0.2, -0.15) is 0 Å². The topological polar surface area (TPSA) is 38.0 Å². The molecule has 0 unspecified atom stereocenters. The lowest BCUT2D eigenvalue weighted by molar-refractivity contribution is 0.574. The van der Waals surface area contributed by atoms with Crippen LogP contribution < -0.4 is 11.1 Å². The molecule has 0 fully saturated rings. The summed E-state index contributed by atoms with van der Waals surface area (Å²) in [5, 5.41) is 2.85. The van der Waals surface area contributed by atoms with Crippen LogP contribution in [0.1, 0.15) is 5.56 Å². The molecule has 0 aliphatic heterocycles. The molecule has 0 saturated carbocycles. The molecule has 3 N–H and O–H groups in total. The number of benzene rings is 1. The van der Waals surface area contributed by atoms with E-state index < -0.39 is 11.6 Å². The van der Waals surface area contributed by atoms with Crippen LogP contribution in [0.5, 0.6) is 0 Å². The largest absolute Gasteiger partial charge is 0.383 e. The SMILES string of the molecule is C=C/C=C(\NCCN)c1c(F)cccc1F. The Morgan fingerprint density at radius 1 is 1.38 bits per heavy atom. The van der Waals surface area contributed by atoms with Gasteiger partial charge in [-0.25, -0.2) is 8.78 Å². The third-order valence-electron chi connectivity index (χ3n) is 1.98. The fourth-order valence-electron chi connectivity index (χ4n) is 1.31. The monoisotopic (exact) mass is 224 g/mol. The Morgan fingerprint density at radius 3 is 2.50 bits per heavy atom. The van der Waals surface area contributed by atoms with Crippen LogP contribution in [0.25, 0.3) is 5.70 Å². The minimum Gasteiger partial charge on any atom is -0.383 e. The molecule has 0 spiro atoms. The maximum atomic E-state index is 13.5. The van der Waals surface area contributed by atoms with Crippen molar-refractivity contribution >= 4 is 5.70 Å². The van der Waals surface area contributed by atoms with Crippen molar-refractivity contribution in [3.8, 4) is 0 Å². The van der Waals surface area contributed by atoms with Crippen LogP contribution in [0.15, 0.2) is 36.9 Å². The van der Waals surface area contributed by atoms with Crippen molar-refractivity contribution in [2.45, 2.75) is 0 Å². The van der Waals surface area contributed by atoms with E-state index in [-0.39, 0.29) is 5.56 Å². The highest BCUT2D eigenvalue weighted by atomic mass is 19.1. The van der Waals surface area contributed by atoms with E-state index in [0.717, 1.165) is 0 Å². The van der Waals surface area contributed by atoms with E-state index in [1.807, 2.05) is 0 Å². The molecule has 4 heteroatoms. The van der Waals surface area contributed by atoms with E-state index in [2.05, 4.69) is 11.9 Å². The predicted molar refractivity (Wildman–Crippen MR) is 61.6 cm³/mol. The first-order chi connectivity index (χ1) is 7.70. The number of hydrogen-bond acceptors (Lipinski definition) is 2. The normalized spacial score (nSPS) is 11.3. The van der Waals surface area contributed by atoms with Crippen molar-refractivity contribution in [3.63, 3.8) is 0 Å². The van der Waals surface area contributed by atoms with Crippen LogP contribution in [-0.4, -0.2) is 13.1 Å². The molecule has 1 aromatic carbocycles. The van der Waals surface area contributed by atoms with Crippen LogP contribution in [0.2, 0.25) is 0 Å². The van der Waals surface area contributed by atoms with Crippen LogP contribution in [0.4, 0.5) is 8.78 Å². The number of nitrogens with one attached hydrogen (secondary N) is 1. The molecule has 0 aliphatic rings. The number of hydrogen-bond donors (Lipinski definition) is 2. The summed E-state index contributed by atoms with van der Waals surface area (Å²) in [6.07, 6.45) is 2.97. The van der Waals surface area contributed by atoms with Gasteiger partial charge in [-0.05, 0) is 18.2 Å². The molecule has 0 bridgehead atoms. The molecule has 0 radical (unpaired) electrons. The average molecular weight is 224 g/mol. The zero-order chi connectivity index (χ0) is 12.0. The number of halogens is 2. The van der Waals surface area contributed by atoms with Gasteiger partial charge >= 0.3 is 0 Å². The van der Waals surface area contributed by atoms with E-state index >= 15 is 0 Å². The second-order valence-electron chi connectivity index (χ2n) is 3.13. The zero-order valence-corrected chi connectivity index (χ0v) is 8.84. The Morgan fingerprint density at radius 2 is 2.00 bits per heavy atom. The van der Waals surface area contributed by atoms with Crippen LogP contribution in [0.3, 0.4) is 0 Å². The number of rotatable bonds is 5. The molecule has 86 valence electrons. The third-order valence-corrected chi connectivity index (χ3v) is 1.98. The summed E-state index contributed by atoms with van der Waals surface area (Å²) in [6, 6.07) is 3.74. The Bertz CT molecular complexity index is 380. The molecule has 16 heavy (non-hydrogen) atoms. The molecule has 0 aliphatic carbocycles. The Kier molecular flexibility index (Phi) is 4.66. The summed E-state index contributed by atoms with van der Waals surface area (Å²) in [5.74, 6) is -1.23. The Labute approximate surface area is 93.5 Å². The molecule has 0 heterocycles. The fraction of sp³-hybridized carbons (Fsp3) is 0.167. The second-order valence-corrected chi connectivity index (χ2v) is 3.13. The van der Waals surface area contributed by atoms with Crippen molar-refractivity contribution < 1.29 is 8.78 Å². The second kappa shape index (κ2) is 6.02. The molecular weight excluding hydrogens is 210 g/mol. The highest BCUT2D eigenvalue weighted by Crippen LogP contribution is 2.19. The standard InChI is InChI=1S/C12H14F2N2/c1-2-4-11(16-8-7-15)12-9(13)5-3-6-10(12)14/h2-6,16H,1,7-8,15H2/b11-4-. The van der Waals surface area contributed by atoms with Gasteiger partial charge in [0.2, 0.25) is 0 Å². The molecule has 2 nitrogen and oxygen atoms in total. The molecule has 0 atom stereocenters. The lowest BCUT2D eigenvalue weighted by Crippen LogP contribution is -2.22. The van der Waals surface area contributed by atoms with Crippen LogP contribution in [-0.2, 0) is 0 Å². The van der Waals surface area contributed by atoms with E-state index in [1.54, 1.807) is 0 Å². The predicted octanol–water partition coefficient (Wildman–Crippen LogP) is 2.04. The van der Waals surface area contributed by atoms with E-state index in [0.29, 0.717) is 18.8 Å². The molecule has 1 rings (SSSR count). The fourth-order valence-corrected chi connectivity index (χ4v) is 1.31. The zero-order valence-electron chi connectivity index (χ0n) is 8.84. The van der Waals surface area contributed by atoms with Gasteiger partial charge in [0.15, 0.2) is 0 Å². The first-order valence-electron chi connectivity index (χ1n) is 4.91. The van der Waals surface area contributed by atoms with Crippen LogP contribution in [0, 0.1) is 11.6 Å². The van der Waals surface area contributed by atoms with E-state index in [1.165, 1.54) is 30.4 Å². The average Bonchev–Trinajstić information content (AvgIpc) is 2.25. The highest BCUT2D eigenvalue weighted by Gasteiger charge is 2.12. The van der Waals surface area contributed by atoms with Gasteiger partial charge in [-0.1, -0.05) is 18.7 Å². The highest BCUT2D eigenvalue weighted by molar-refractivity contribution is 5.66. The number of allylic oxidation sites excluding steroid dienone is 2. The van der Waals surface area contributed by atoms with Gasteiger partial charge in [-0.3, -0.25) is 0 Å². The molecule has 1 aromatic rings. The van der Waals surface area contributed by atoms with E-state index in [9.17, 15) is 8.78 Å². The van der Waals surface area contributed by atoms with Gasteiger partial charge in [0, 0.05) is 18.8 Å². The number of nitrogens with two attached hydrogens (primary N) is 1. The minimum absolute atomic E-state index is 0.0872.